The van der Waals surface area contributed by atoms with E-state index in [1.165, 1.54) is 25.5 Å². The highest BCUT2D eigenvalue weighted by Crippen LogP contribution is 2.27. The summed E-state index contributed by atoms with van der Waals surface area (Å²) in [6.45, 7) is 6.13. The summed E-state index contributed by atoms with van der Waals surface area (Å²) in [4.78, 5) is 18.5. The first-order valence-electron chi connectivity index (χ1n) is 9.65. The zero-order valence-corrected chi connectivity index (χ0v) is 16.7. The number of ether oxygens (including phenoxy) is 2. The van der Waals surface area contributed by atoms with E-state index in [0.717, 1.165) is 31.3 Å². The molecular formula is C20H32N4O3. The standard InChI is InChI=1S/C20H32N4O3/c1-4-21-20(22-12-11-19(25)27-3)23-15-18(24-13-5-6-14-24)16-7-9-17(26-2)10-8-16/h7-10,18H,4-6,11-15H2,1-3H3,(H2,21,22,23). The van der Waals surface area contributed by atoms with Crippen molar-refractivity contribution in [1.29, 1.82) is 0 Å². The van der Waals surface area contributed by atoms with Gasteiger partial charge in [0.05, 0.1) is 33.2 Å². The number of guanidine groups is 1. The van der Waals surface area contributed by atoms with E-state index in [1.54, 1.807) is 7.11 Å². The van der Waals surface area contributed by atoms with E-state index in [1.807, 2.05) is 19.1 Å². The smallest absolute Gasteiger partial charge is 0.307 e. The lowest BCUT2D eigenvalue weighted by Crippen LogP contribution is -2.39. The fourth-order valence-electron chi connectivity index (χ4n) is 3.22. The number of nitrogens with one attached hydrogen (secondary N) is 2. The summed E-state index contributed by atoms with van der Waals surface area (Å²) in [5.41, 5.74) is 1.24. The van der Waals surface area contributed by atoms with E-state index in [2.05, 4.69) is 32.4 Å². The van der Waals surface area contributed by atoms with Gasteiger partial charge in [-0.15, -0.1) is 0 Å². The van der Waals surface area contributed by atoms with Crippen molar-refractivity contribution >= 4 is 11.9 Å². The highest BCUT2D eigenvalue weighted by Gasteiger charge is 2.23. The van der Waals surface area contributed by atoms with Crippen LogP contribution < -0.4 is 15.4 Å². The van der Waals surface area contributed by atoms with E-state index < -0.39 is 0 Å². The molecule has 0 spiro atoms. The van der Waals surface area contributed by atoms with E-state index in [-0.39, 0.29) is 12.0 Å². The lowest BCUT2D eigenvalue weighted by molar-refractivity contribution is -0.140. The molecule has 27 heavy (non-hydrogen) atoms. The summed E-state index contributed by atoms with van der Waals surface area (Å²) in [6, 6.07) is 8.47. The molecule has 1 aliphatic rings. The molecule has 0 bridgehead atoms. The van der Waals surface area contributed by atoms with Crippen molar-refractivity contribution in [3.8, 4) is 5.75 Å². The summed E-state index contributed by atoms with van der Waals surface area (Å²) >= 11 is 0. The third-order valence-corrected chi connectivity index (χ3v) is 4.70. The summed E-state index contributed by atoms with van der Waals surface area (Å²) < 4.78 is 9.96. The van der Waals surface area contributed by atoms with Crippen LogP contribution in [0.25, 0.3) is 0 Å². The zero-order chi connectivity index (χ0) is 19.5. The highest BCUT2D eigenvalue weighted by atomic mass is 16.5. The van der Waals surface area contributed by atoms with Crippen LogP contribution in [0.1, 0.15) is 37.8 Å². The van der Waals surface area contributed by atoms with E-state index in [4.69, 9.17) is 9.73 Å². The lowest BCUT2D eigenvalue weighted by atomic mass is 10.1. The Kier molecular flexibility index (Phi) is 8.91. The third-order valence-electron chi connectivity index (χ3n) is 4.70. The van der Waals surface area contributed by atoms with Gasteiger partial charge in [0.1, 0.15) is 5.75 Å². The second-order valence-electron chi connectivity index (χ2n) is 6.50. The minimum absolute atomic E-state index is 0.230. The molecule has 0 saturated carbocycles. The average Bonchev–Trinajstić information content (AvgIpc) is 3.23. The molecule has 1 heterocycles. The highest BCUT2D eigenvalue weighted by molar-refractivity contribution is 5.80. The average molecular weight is 377 g/mol. The predicted octanol–water partition coefficient (Wildman–Crippen LogP) is 1.95. The van der Waals surface area contributed by atoms with Gasteiger partial charge >= 0.3 is 5.97 Å². The monoisotopic (exact) mass is 376 g/mol. The quantitative estimate of drug-likeness (QED) is 0.390. The van der Waals surface area contributed by atoms with Crippen LogP contribution in [0.5, 0.6) is 5.75 Å². The summed E-state index contributed by atoms with van der Waals surface area (Å²) in [7, 11) is 3.08. The maximum absolute atomic E-state index is 11.3. The Morgan fingerprint density at radius 1 is 1.19 bits per heavy atom. The van der Waals surface area contributed by atoms with Crippen LogP contribution in [0.4, 0.5) is 0 Å². The van der Waals surface area contributed by atoms with Crippen molar-refractivity contribution in [2.24, 2.45) is 4.99 Å². The number of esters is 1. The van der Waals surface area contributed by atoms with Crippen molar-refractivity contribution in [1.82, 2.24) is 15.5 Å². The number of rotatable bonds is 9. The Morgan fingerprint density at radius 2 is 1.89 bits per heavy atom. The second-order valence-corrected chi connectivity index (χ2v) is 6.50. The van der Waals surface area contributed by atoms with Crippen molar-refractivity contribution in [2.45, 2.75) is 32.2 Å². The summed E-state index contributed by atoms with van der Waals surface area (Å²) in [5.74, 6) is 1.35. The van der Waals surface area contributed by atoms with Crippen molar-refractivity contribution in [2.75, 3.05) is 46.9 Å². The van der Waals surface area contributed by atoms with Crippen molar-refractivity contribution in [3.63, 3.8) is 0 Å². The van der Waals surface area contributed by atoms with Gasteiger partial charge in [-0.05, 0) is 50.6 Å². The molecule has 1 saturated heterocycles. The number of carbonyl (C=O) groups excluding carboxylic acids is 1. The second kappa shape index (κ2) is 11.4. The molecule has 1 fully saturated rings. The van der Waals surface area contributed by atoms with Crippen LogP contribution in [0.3, 0.4) is 0 Å². The fraction of sp³-hybridized carbons (Fsp3) is 0.600. The molecule has 1 aliphatic heterocycles. The Labute approximate surface area is 162 Å². The SMILES string of the molecule is CCNC(=NCC(c1ccc(OC)cc1)N1CCCC1)NCCC(=O)OC. The van der Waals surface area contributed by atoms with Crippen LogP contribution in [-0.2, 0) is 9.53 Å². The molecule has 7 nitrogen and oxygen atoms in total. The van der Waals surface area contributed by atoms with Crippen LogP contribution >= 0.6 is 0 Å². The largest absolute Gasteiger partial charge is 0.497 e. The number of benzene rings is 1. The summed E-state index contributed by atoms with van der Waals surface area (Å²) in [6.07, 6.45) is 2.77. The third kappa shape index (κ3) is 6.75. The molecule has 150 valence electrons. The van der Waals surface area contributed by atoms with Crippen LogP contribution in [0.15, 0.2) is 29.3 Å². The molecule has 2 rings (SSSR count). The van der Waals surface area contributed by atoms with Gasteiger partial charge in [0.25, 0.3) is 0 Å². The molecule has 7 heteroatoms. The lowest BCUT2D eigenvalue weighted by Gasteiger charge is -2.27. The molecular weight excluding hydrogens is 344 g/mol. The molecule has 1 aromatic carbocycles. The van der Waals surface area contributed by atoms with Gasteiger partial charge in [-0.1, -0.05) is 12.1 Å². The van der Waals surface area contributed by atoms with Gasteiger partial charge in [0.2, 0.25) is 0 Å². The van der Waals surface area contributed by atoms with Gasteiger partial charge in [-0.3, -0.25) is 14.7 Å². The van der Waals surface area contributed by atoms with Gasteiger partial charge in [-0.2, -0.15) is 0 Å². The Morgan fingerprint density at radius 3 is 2.48 bits per heavy atom. The normalized spacial score (nSPS) is 16.0. The first-order valence-corrected chi connectivity index (χ1v) is 9.65. The number of likely N-dealkylation sites (tertiary alicyclic amines) is 1. The fourth-order valence-corrected chi connectivity index (χ4v) is 3.22. The molecule has 1 atom stereocenters. The minimum Gasteiger partial charge on any atom is -0.497 e. The minimum atomic E-state index is -0.230. The Balaban J connectivity index is 2.06. The number of hydrogen-bond donors (Lipinski definition) is 2. The number of hydrogen-bond acceptors (Lipinski definition) is 5. The molecule has 0 amide bonds. The Hall–Kier alpha value is -2.28. The summed E-state index contributed by atoms with van der Waals surface area (Å²) in [5, 5.41) is 6.44. The first kappa shape index (κ1) is 21.0. The maximum Gasteiger partial charge on any atom is 0.307 e. The van der Waals surface area contributed by atoms with Gasteiger partial charge in [0, 0.05) is 13.1 Å². The molecule has 0 radical (unpaired) electrons. The number of aliphatic imine (C=N–C) groups is 1. The molecule has 0 aromatic heterocycles. The van der Waals surface area contributed by atoms with Crippen LogP contribution in [-0.4, -0.2) is 63.8 Å². The van der Waals surface area contributed by atoms with Crippen molar-refractivity contribution in [3.05, 3.63) is 29.8 Å². The predicted molar refractivity (Wildman–Crippen MR) is 107 cm³/mol. The maximum atomic E-state index is 11.3. The van der Waals surface area contributed by atoms with Gasteiger partial charge in [-0.25, -0.2) is 0 Å². The van der Waals surface area contributed by atoms with E-state index in [0.29, 0.717) is 19.5 Å². The zero-order valence-electron chi connectivity index (χ0n) is 16.7. The molecule has 1 aromatic rings. The van der Waals surface area contributed by atoms with E-state index >= 15 is 0 Å². The first-order chi connectivity index (χ1) is 13.2. The topological polar surface area (TPSA) is 75.2 Å². The van der Waals surface area contributed by atoms with Crippen LogP contribution in [0.2, 0.25) is 0 Å². The van der Waals surface area contributed by atoms with Crippen molar-refractivity contribution < 1.29 is 14.3 Å². The van der Waals surface area contributed by atoms with Crippen LogP contribution in [0, 0.1) is 0 Å². The Bertz CT molecular complexity index is 598. The number of nitrogens with zero attached hydrogens (tertiary/aromatic N) is 2. The van der Waals surface area contributed by atoms with Gasteiger partial charge < -0.3 is 20.1 Å². The molecule has 1 unspecified atom stereocenters. The molecule has 0 aliphatic carbocycles. The van der Waals surface area contributed by atoms with E-state index in [9.17, 15) is 4.79 Å². The molecule has 2 N–H and O–H groups in total. The number of carbonyl (C=O) groups is 1. The number of methoxy groups -OCH3 is 2. The van der Waals surface area contributed by atoms with Gasteiger partial charge in [0.15, 0.2) is 5.96 Å².